The Labute approximate surface area is 117 Å². The Balaban J connectivity index is 0.00000180. The standard InChI is InChI=1S/C12H15N3O3.ClH/c13-10-5-6-14(8-10)12(16)7-9-1-3-11(4-2-9)15(17)18;/h1-4,10H,5-8,13H2;1H/t10-;/m0./s1. The van der Waals surface area contributed by atoms with Crippen LogP contribution in [0.3, 0.4) is 0 Å². The van der Waals surface area contributed by atoms with Gasteiger partial charge in [0, 0.05) is 31.3 Å². The summed E-state index contributed by atoms with van der Waals surface area (Å²) in [5.74, 6) is 0.0248. The maximum atomic E-state index is 11.9. The van der Waals surface area contributed by atoms with E-state index >= 15 is 0 Å². The number of nitro benzene ring substituents is 1. The van der Waals surface area contributed by atoms with Gasteiger partial charge in [0.2, 0.25) is 5.91 Å². The van der Waals surface area contributed by atoms with Gasteiger partial charge >= 0.3 is 0 Å². The number of non-ortho nitro benzene ring substituents is 1. The molecule has 104 valence electrons. The van der Waals surface area contributed by atoms with E-state index in [2.05, 4.69) is 0 Å². The van der Waals surface area contributed by atoms with Gasteiger partial charge in [-0.2, -0.15) is 0 Å². The SMILES string of the molecule is Cl.N[C@H]1CCN(C(=O)Cc2ccc([N+](=O)[O-])cc2)C1. The zero-order chi connectivity index (χ0) is 13.1. The van der Waals surface area contributed by atoms with Crippen molar-refractivity contribution in [3.05, 3.63) is 39.9 Å². The fourth-order valence-corrected chi connectivity index (χ4v) is 2.04. The molecule has 0 aliphatic carbocycles. The van der Waals surface area contributed by atoms with Crippen LogP contribution in [-0.2, 0) is 11.2 Å². The molecule has 0 bridgehead atoms. The number of benzene rings is 1. The summed E-state index contributed by atoms with van der Waals surface area (Å²) < 4.78 is 0. The van der Waals surface area contributed by atoms with Crippen molar-refractivity contribution in [3.8, 4) is 0 Å². The minimum atomic E-state index is -0.453. The van der Waals surface area contributed by atoms with Crippen molar-refractivity contribution in [1.82, 2.24) is 4.90 Å². The summed E-state index contributed by atoms with van der Waals surface area (Å²) in [6.45, 7) is 1.30. The molecular weight excluding hydrogens is 270 g/mol. The summed E-state index contributed by atoms with van der Waals surface area (Å²) >= 11 is 0. The van der Waals surface area contributed by atoms with Gasteiger partial charge in [-0.3, -0.25) is 14.9 Å². The molecule has 0 spiro atoms. The molecule has 1 atom stereocenters. The second-order valence-electron chi connectivity index (χ2n) is 4.49. The van der Waals surface area contributed by atoms with Crippen LogP contribution < -0.4 is 5.73 Å². The number of carbonyl (C=O) groups excluding carboxylic acids is 1. The van der Waals surface area contributed by atoms with Gasteiger partial charge in [-0.25, -0.2) is 0 Å². The van der Waals surface area contributed by atoms with Crippen LogP contribution in [0.2, 0.25) is 0 Å². The van der Waals surface area contributed by atoms with Crippen LogP contribution in [0.25, 0.3) is 0 Å². The number of hydrogen-bond acceptors (Lipinski definition) is 4. The lowest BCUT2D eigenvalue weighted by molar-refractivity contribution is -0.384. The molecule has 1 fully saturated rings. The molecule has 1 aliphatic rings. The van der Waals surface area contributed by atoms with Crippen LogP contribution in [0.4, 0.5) is 5.69 Å². The summed E-state index contributed by atoms with van der Waals surface area (Å²) in [5, 5.41) is 10.5. The molecule has 7 heteroatoms. The maximum Gasteiger partial charge on any atom is 0.269 e. The Hall–Kier alpha value is -1.66. The van der Waals surface area contributed by atoms with Gasteiger partial charge in [0.1, 0.15) is 0 Å². The molecular formula is C12H16ClN3O3. The molecule has 1 aliphatic heterocycles. The van der Waals surface area contributed by atoms with E-state index in [0.29, 0.717) is 13.1 Å². The molecule has 6 nitrogen and oxygen atoms in total. The molecule has 0 unspecified atom stereocenters. The average molecular weight is 286 g/mol. The number of rotatable bonds is 3. The van der Waals surface area contributed by atoms with E-state index in [-0.39, 0.29) is 36.5 Å². The molecule has 2 N–H and O–H groups in total. The normalized spacial score (nSPS) is 17.9. The van der Waals surface area contributed by atoms with E-state index in [1.54, 1.807) is 17.0 Å². The van der Waals surface area contributed by atoms with Gasteiger partial charge in [0.15, 0.2) is 0 Å². The summed E-state index contributed by atoms with van der Waals surface area (Å²) in [5.41, 5.74) is 6.56. The highest BCUT2D eigenvalue weighted by Crippen LogP contribution is 2.14. The van der Waals surface area contributed by atoms with Crippen LogP contribution in [0, 0.1) is 10.1 Å². The van der Waals surface area contributed by atoms with E-state index in [9.17, 15) is 14.9 Å². The second-order valence-corrected chi connectivity index (χ2v) is 4.49. The molecule has 1 aromatic rings. The van der Waals surface area contributed by atoms with E-state index in [1.165, 1.54) is 12.1 Å². The van der Waals surface area contributed by atoms with Crippen LogP contribution in [0.5, 0.6) is 0 Å². The van der Waals surface area contributed by atoms with Crippen LogP contribution in [0.1, 0.15) is 12.0 Å². The number of halogens is 1. The number of carbonyl (C=O) groups is 1. The number of nitrogens with zero attached hydrogens (tertiary/aromatic N) is 2. The zero-order valence-electron chi connectivity index (χ0n) is 10.3. The Morgan fingerprint density at radius 1 is 1.42 bits per heavy atom. The summed E-state index contributed by atoms with van der Waals surface area (Å²) in [7, 11) is 0. The molecule has 19 heavy (non-hydrogen) atoms. The van der Waals surface area contributed by atoms with Crippen LogP contribution >= 0.6 is 12.4 Å². The number of nitrogens with two attached hydrogens (primary N) is 1. The fraction of sp³-hybridized carbons (Fsp3) is 0.417. The zero-order valence-corrected chi connectivity index (χ0v) is 11.1. The number of likely N-dealkylation sites (tertiary alicyclic amines) is 1. The molecule has 0 aromatic heterocycles. The minimum absolute atomic E-state index is 0. The first-order chi connectivity index (χ1) is 8.56. The Bertz CT molecular complexity index is 464. The first-order valence-electron chi connectivity index (χ1n) is 5.83. The molecule has 1 amide bonds. The molecule has 0 saturated carbocycles. The molecule has 2 rings (SSSR count). The quantitative estimate of drug-likeness (QED) is 0.665. The van der Waals surface area contributed by atoms with E-state index in [0.717, 1.165) is 12.0 Å². The monoisotopic (exact) mass is 285 g/mol. The van der Waals surface area contributed by atoms with Crippen molar-refractivity contribution >= 4 is 24.0 Å². The predicted octanol–water partition coefficient (Wildman–Crippen LogP) is 1.12. The lowest BCUT2D eigenvalue weighted by atomic mass is 10.1. The van der Waals surface area contributed by atoms with E-state index in [1.807, 2.05) is 0 Å². The smallest absolute Gasteiger partial charge is 0.269 e. The first kappa shape index (κ1) is 15.4. The summed E-state index contributed by atoms with van der Waals surface area (Å²) in [6.07, 6.45) is 1.11. The van der Waals surface area contributed by atoms with Gasteiger partial charge < -0.3 is 10.6 Å². The molecule has 1 heterocycles. The van der Waals surface area contributed by atoms with Crippen molar-refractivity contribution in [2.24, 2.45) is 5.73 Å². The first-order valence-corrected chi connectivity index (χ1v) is 5.83. The largest absolute Gasteiger partial charge is 0.341 e. The second kappa shape index (κ2) is 6.49. The predicted molar refractivity (Wildman–Crippen MR) is 73.2 cm³/mol. The van der Waals surface area contributed by atoms with E-state index in [4.69, 9.17) is 5.73 Å². The third-order valence-electron chi connectivity index (χ3n) is 3.08. The van der Waals surface area contributed by atoms with Gasteiger partial charge in [0.05, 0.1) is 11.3 Å². The van der Waals surface area contributed by atoms with E-state index < -0.39 is 4.92 Å². The third kappa shape index (κ3) is 3.90. The van der Waals surface area contributed by atoms with Crippen molar-refractivity contribution in [3.63, 3.8) is 0 Å². The Morgan fingerprint density at radius 2 is 2.05 bits per heavy atom. The number of nitro groups is 1. The topological polar surface area (TPSA) is 89.5 Å². The van der Waals surface area contributed by atoms with Crippen LogP contribution in [0.15, 0.2) is 24.3 Å². The highest BCUT2D eigenvalue weighted by molar-refractivity contribution is 5.85. The van der Waals surface area contributed by atoms with Gasteiger partial charge in [0.25, 0.3) is 5.69 Å². The van der Waals surface area contributed by atoms with Gasteiger partial charge in [-0.05, 0) is 12.0 Å². The highest BCUT2D eigenvalue weighted by Gasteiger charge is 2.23. The highest BCUT2D eigenvalue weighted by atomic mass is 35.5. The lowest BCUT2D eigenvalue weighted by Crippen LogP contribution is -2.32. The number of hydrogen-bond donors (Lipinski definition) is 1. The van der Waals surface area contributed by atoms with Crippen molar-refractivity contribution in [2.45, 2.75) is 18.9 Å². The van der Waals surface area contributed by atoms with Crippen molar-refractivity contribution < 1.29 is 9.72 Å². The average Bonchev–Trinajstić information content (AvgIpc) is 2.76. The Morgan fingerprint density at radius 3 is 2.53 bits per heavy atom. The van der Waals surface area contributed by atoms with Gasteiger partial charge in [-0.15, -0.1) is 12.4 Å². The summed E-state index contributed by atoms with van der Waals surface area (Å²) in [4.78, 5) is 23.7. The molecule has 1 aromatic carbocycles. The minimum Gasteiger partial charge on any atom is -0.341 e. The lowest BCUT2D eigenvalue weighted by Gasteiger charge is -2.15. The van der Waals surface area contributed by atoms with Crippen molar-refractivity contribution in [1.29, 1.82) is 0 Å². The fourth-order valence-electron chi connectivity index (χ4n) is 2.04. The number of amides is 1. The maximum absolute atomic E-state index is 11.9. The van der Waals surface area contributed by atoms with Crippen molar-refractivity contribution in [2.75, 3.05) is 13.1 Å². The van der Waals surface area contributed by atoms with Gasteiger partial charge in [-0.1, -0.05) is 12.1 Å². The summed E-state index contributed by atoms with van der Waals surface area (Å²) in [6, 6.07) is 6.14. The Kier molecular flexibility index (Phi) is 5.26. The third-order valence-corrected chi connectivity index (χ3v) is 3.08. The van der Waals surface area contributed by atoms with Crippen LogP contribution in [-0.4, -0.2) is 34.9 Å². The molecule has 0 radical (unpaired) electrons. The molecule has 1 saturated heterocycles.